The Morgan fingerprint density at radius 3 is 2.67 bits per heavy atom. The van der Waals surface area contributed by atoms with Gasteiger partial charge in [-0.1, -0.05) is 25.4 Å². The van der Waals surface area contributed by atoms with Crippen molar-refractivity contribution in [2.45, 2.75) is 18.9 Å². The molecule has 0 bridgehead atoms. The first-order valence-electron chi connectivity index (χ1n) is 5.82. The number of pyridine rings is 1. The Labute approximate surface area is 116 Å². The fraction of sp³-hybridized carbons (Fsp3) is 0.500. The predicted molar refractivity (Wildman–Crippen MR) is 74.7 cm³/mol. The van der Waals surface area contributed by atoms with Crippen molar-refractivity contribution in [2.75, 3.05) is 25.4 Å². The lowest BCUT2D eigenvalue weighted by atomic mass is 10.3. The molecule has 1 aromatic rings. The molecule has 1 aromatic heterocycles. The lowest BCUT2D eigenvalue weighted by Crippen LogP contribution is -2.25. The Bertz CT molecular complexity index is 411. The van der Waals surface area contributed by atoms with Crippen LogP contribution in [0.1, 0.15) is 24.2 Å². The molecule has 0 aromatic carbocycles. The number of hydrogen-bond acceptors (Lipinski definition) is 4. The van der Waals surface area contributed by atoms with Crippen molar-refractivity contribution in [3.8, 4) is 0 Å². The largest absolute Gasteiger partial charge is 0.478 e. The van der Waals surface area contributed by atoms with Crippen molar-refractivity contribution in [1.82, 2.24) is 9.88 Å². The Balaban J connectivity index is 2.59. The molecule has 0 amide bonds. The molecule has 0 saturated carbocycles. The first-order valence-corrected chi connectivity index (χ1v) is 7.19. The fourth-order valence-corrected chi connectivity index (χ4v) is 2.68. The van der Waals surface area contributed by atoms with Crippen LogP contribution < -0.4 is 0 Å². The molecular weight excluding hydrogens is 272 g/mol. The molecule has 0 aliphatic carbocycles. The van der Waals surface area contributed by atoms with Gasteiger partial charge in [-0.2, -0.15) is 0 Å². The Morgan fingerprint density at radius 1 is 1.44 bits per heavy atom. The average molecular weight is 289 g/mol. The molecule has 0 saturated heterocycles. The first kappa shape index (κ1) is 15.3. The van der Waals surface area contributed by atoms with Gasteiger partial charge >= 0.3 is 5.97 Å². The number of rotatable bonds is 7. The van der Waals surface area contributed by atoms with Crippen molar-refractivity contribution < 1.29 is 9.90 Å². The zero-order chi connectivity index (χ0) is 13.5. The highest BCUT2D eigenvalue weighted by Gasteiger charge is 2.08. The highest BCUT2D eigenvalue weighted by atomic mass is 35.5. The van der Waals surface area contributed by atoms with Gasteiger partial charge in [-0.05, 0) is 25.2 Å². The summed E-state index contributed by atoms with van der Waals surface area (Å²) in [6.45, 7) is 7.22. The van der Waals surface area contributed by atoms with Crippen LogP contribution in [-0.4, -0.2) is 46.3 Å². The molecule has 6 heteroatoms. The molecule has 100 valence electrons. The maximum atomic E-state index is 10.9. The Morgan fingerprint density at radius 2 is 2.11 bits per heavy atom. The summed E-state index contributed by atoms with van der Waals surface area (Å²) in [5.41, 5.74) is 0.181. The number of thioether (sulfide) groups is 1. The minimum Gasteiger partial charge on any atom is -0.478 e. The van der Waals surface area contributed by atoms with E-state index in [0.29, 0.717) is 5.03 Å². The summed E-state index contributed by atoms with van der Waals surface area (Å²) < 4.78 is 0. The summed E-state index contributed by atoms with van der Waals surface area (Å²) in [4.78, 5) is 17.3. The van der Waals surface area contributed by atoms with Gasteiger partial charge < -0.3 is 10.0 Å². The van der Waals surface area contributed by atoms with E-state index < -0.39 is 5.97 Å². The number of nitrogens with zero attached hydrogens (tertiary/aromatic N) is 2. The average Bonchev–Trinajstić information content (AvgIpc) is 2.34. The van der Waals surface area contributed by atoms with Crippen molar-refractivity contribution >= 4 is 29.3 Å². The zero-order valence-corrected chi connectivity index (χ0v) is 12.1. The van der Waals surface area contributed by atoms with Crippen LogP contribution in [0.3, 0.4) is 0 Å². The summed E-state index contributed by atoms with van der Waals surface area (Å²) in [6, 6.07) is 2.92. The van der Waals surface area contributed by atoms with Crippen molar-refractivity contribution in [3.05, 3.63) is 22.8 Å². The van der Waals surface area contributed by atoms with Crippen LogP contribution in [0.2, 0.25) is 5.15 Å². The van der Waals surface area contributed by atoms with Crippen molar-refractivity contribution in [2.24, 2.45) is 0 Å². The van der Waals surface area contributed by atoms with E-state index >= 15 is 0 Å². The minimum atomic E-state index is -0.982. The van der Waals surface area contributed by atoms with Crippen molar-refractivity contribution in [3.63, 3.8) is 0 Å². The van der Waals surface area contributed by atoms with Gasteiger partial charge in [-0.3, -0.25) is 0 Å². The summed E-state index contributed by atoms with van der Waals surface area (Å²) in [5.74, 6) is -0.112. The highest BCUT2D eigenvalue weighted by Crippen LogP contribution is 2.20. The number of aromatic nitrogens is 1. The van der Waals surface area contributed by atoms with Gasteiger partial charge in [0.2, 0.25) is 0 Å². The van der Waals surface area contributed by atoms with Crippen molar-refractivity contribution in [1.29, 1.82) is 0 Å². The fourth-order valence-electron chi connectivity index (χ4n) is 1.49. The number of hydrogen-bond donors (Lipinski definition) is 1. The molecular formula is C12H17ClN2O2S. The molecule has 4 nitrogen and oxygen atoms in total. The van der Waals surface area contributed by atoms with E-state index in [9.17, 15) is 4.79 Å². The molecule has 1 rings (SSSR count). The third-order valence-corrected chi connectivity index (χ3v) is 3.65. The van der Waals surface area contributed by atoms with E-state index in [2.05, 4.69) is 23.7 Å². The molecule has 0 fully saturated rings. The van der Waals surface area contributed by atoms with E-state index in [-0.39, 0.29) is 10.7 Å². The Hall–Kier alpha value is -0.780. The summed E-state index contributed by atoms with van der Waals surface area (Å²) in [7, 11) is 0. The number of carboxylic acid groups (broad SMARTS) is 1. The smallest absolute Gasteiger partial charge is 0.335 e. The Kier molecular flexibility index (Phi) is 6.46. The topological polar surface area (TPSA) is 53.4 Å². The molecule has 0 aliphatic rings. The number of carbonyl (C=O) groups is 1. The first-order chi connectivity index (χ1) is 8.56. The van der Waals surface area contributed by atoms with Gasteiger partial charge in [0.15, 0.2) is 0 Å². The van der Waals surface area contributed by atoms with Gasteiger partial charge in [0.25, 0.3) is 0 Å². The molecule has 0 aliphatic heterocycles. The second-order valence-electron chi connectivity index (χ2n) is 3.70. The molecule has 0 spiro atoms. The minimum absolute atomic E-state index is 0.181. The standard InChI is InChI=1S/C12H17ClN2O2S/c1-3-15(4-2)5-6-18-11-8-9(12(16)17)7-10(13)14-11/h7-8H,3-6H2,1-2H3,(H,16,17). The molecule has 0 unspecified atom stereocenters. The normalized spacial score (nSPS) is 10.9. The van der Waals surface area contributed by atoms with E-state index in [1.165, 1.54) is 17.8 Å². The molecule has 0 atom stereocenters. The van der Waals surface area contributed by atoms with Crippen LogP contribution in [0, 0.1) is 0 Å². The number of carboxylic acids is 1. The van der Waals surface area contributed by atoms with Crippen LogP contribution in [-0.2, 0) is 0 Å². The van der Waals surface area contributed by atoms with E-state index in [1.54, 1.807) is 6.07 Å². The van der Waals surface area contributed by atoms with E-state index in [1.807, 2.05) is 0 Å². The quantitative estimate of drug-likeness (QED) is 0.618. The molecule has 0 radical (unpaired) electrons. The highest BCUT2D eigenvalue weighted by molar-refractivity contribution is 7.99. The maximum Gasteiger partial charge on any atom is 0.335 e. The molecule has 1 heterocycles. The van der Waals surface area contributed by atoms with Crippen LogP contribution in [0.5, 0.6) is 0 Å². The maximum absolute atomic E-state index is 10.9. The van der Waals surface area contributed by atoms with Gasteiger partial charge in [0, 0.05) is 12.3 Å². The zero-order valence-electron chi connectivity index (χ0n) is 10.5. The van der Waals surface area contributed by atoms with Crippen LogP contribution in [0.4, 0.5) is 0 Å². The summed E-state index contributed by atoms with van der Waals surface area (Å²) in [5, 5.41) is 9.80. The van der Waals surface area contributed by atoms with Crippen LogP contribution >= 0.6 is 23.4 Å². The molecule has 18 heavy (non-hydrogen) atoms. The van der Waals surface area contributed by atoms with Gasteiger partial charge in [-0.25, -0.2) is 9.78 Å². The van der Waals surface area contributed by atoms with Gasteiger partial charge in [0.05, 0.1) is 10.6 Å². The van der Waals surface area contributed by atoms with Gasteiger partial charge in [0.1, 0.15) is 5.15 Å². The third-order valence-electron chi connectivity index (χ3n) is 2.57. The summed E-state index contributed by atoms with van der Waals surface area (Å²) >= 11 is 7.32. The second kappa shape index (κ2) is 7.61. The summed E-state index contributed by atoms with van der Waals surface area (Å²) in [6.07, 6.45) is 0. The predicted octanol–water partition coefficient (Wildman–Crippen LogP) is 2.87. The number of halogens is 1. The lowest BCUT2D eigenvalue weighted by molar-refractivity contribution is 0.0696. The number of aromatic carboxylic acids is 1. The molecule has 1 N–H and O–H groups in total. The second-order valence-corrected chi connectivity index (χ2v) is 5.20. The lowest BCUT2D eigenvalue weighted by Gasteiger charge is -2.17. The van der Waals surface area contributed by atoms with E-state index in [0.717, 1.165) is 25.4 Å². The van der Waals surface area contributed by atoms with Gasteiger partial charge in [-0.15, -0.1) is 11.8 Å². The van der Waals surface area contributed by atoms with Crippen LogP contribution in [0.25, 0.3) is 0 Å². The third kappa shape index (κ3) is 4.84. The van der Waals surface area contributed by atoms with Crippen LogP contribution in [0.15, 0.2) is 17.2 Å². The SMILES string of the molecule is CCN(CC)CCSc1cc(C(=O)O)cc(Cl)n1. The van der Waals surface area contributed by atoms with E-state index in [4.69, 9.17) is 16.7 Å². The monoisotopic (exact) mass is 288 g/mol.